The zero-order valence-electron chi connectivity index (χ0n) is 20.0. The average molecular weight is 478 g/mol. The van der Waals surface area contributed by atoms with Gasteiger partial charge in [-0.05, 0) is 68.7 Å². The van der Waals surface area contributed by atoms with Gasteiger partial charge in [-0.15, -0.1) is 0 Å². The zero-order valence-corrected chi connectivity index (χ0v) is 20.0. The summed E-state index contributed by atoms with van der Waals surface area (Å²) < 4.78 is 20.2. The van der Waals surface area contributed by atoms with E-state index >= 15 is 0 Å². The molecule has 8 nitrogen and oxygen atoms in total. The lowest BCUT2D eigenvalue weighted by Crippen LogP contribution is -2.31. The van der Waals surface area contributed by atoms with Gasteiger partial charge >= 0.3 is 0 Å². The summed E-state index contributed by atoms with van der Waals surface area (Å²) in [4.78, 5) is 37.0. The van der Waals surface area contributed by atoms with E-state index in [4.69, 9.17) is 4.74 Å². The zero-order chi connectivity index (χ0) is 24.9. The van der Waals surface area contributed by atoms with Crippen LogP contribution in [0.5, 0.6) is 5.75 Å². The molecule has 0 saturated carbocycles. The van der Waals surface area contributed by atoms with Gasteiger partial charge in [-0.2, -0.15) is 9.50 Å². The van der Waals surface area contributed by atoms with Crippen LogP contribution >= 0.6 is 0 Å². The molecule has 0 saturated heterocycles. The van der Waals surface area contributed by atoms with E-state index in [0.29, 0.717) is 24.3 Å². The van der Waals surface area contributed by atoms with E-state index in [2.05, 4.69) is 22.0 Å². The number of halogens is 1. The molecule has 0 bridgehead atoms. The summed E-state index contributed by atoms with van der Waals surface area (Å²) in [6.45, 7) is 6.48. The van der Waals surface area contributed by atoms with Gasteiger partial charge in [0.15, 0.2) is 0 Å². The summed E-state index contributed by atoms with van der Waals surface area (Å²) in [5, 5.41) is 2.96. The maximum atomic E-state index is 13.5. The number of hydrogen-bond donors (Lipinski definition) is 1. The highest BCUT2D eigenvalue weighted by Crippen LogP contribution is 2.20. The molecule has 4 rings (SSSR count). The van der Waals surface area contributed by atoms with E-state index in [1.54, 1.807) is 6.92 Å². The number of carbonyl (C=O) groups is 1. The van der Waals surface area contributed by atoms with Crippen LogP contribution in [0.25, 0.3) is 5.78 Å². The Bertz CT molecular complexity index is 1380. The number of H-pyrrole nitrogens is 1. The van der Waals surface area contributed by atoms with Gasteiger partial charge in [0.05, 0.1) is 18.8 Å². The Kier molecular flexibility index (Phi) is 7.24. The smallest absolute Gasteiger partial charge is 0.277 e. The fraction of sp³-hybridized carbons (Fsp3) is 0.308. The van der Waals surface area contributed by atoms with Gasteiger partial charge in [-0.3, -0.25) is 19.6 Å². The SMILES string of the molecule is CCCCc1c(C)nc2nc(N(Cc3ccc(OCC)cc3)C(=O)c3ccc(F)cc3)[nH]n2c1=O. The lowest BCUT2D eigenvalue weighted by Gasteiger charge is -2.20. The number of carbonyl (C=O) groups excluding carboxylic acids is 1. The maximum absolute atomic E-state index is 13.5. The number of anilines is 1. The van der Waals surface area contributed by atoms with E-state index in [0.717, 1.165) is 24.2 Å². The van der Waals surface area contributed by atoms with Crippen molar-refractivity contribution < 1.29 is 13.9 Å². The average Bonchev–Trinajstić information content (AvgIpc) is 3.27. The van der Waals surface area contributed by atoms with Crippen molar-refractivity contribution in [1.29, 1.82) is 0 Å². The molecule has 0 radical (unpaired) electrons. The molecule has 0 atom stereocenters. The molecule has 0 aliphatic heterocycles. The Morgan fingerprint density at radius 2 is 1.80 bits per heavy atom. The minimum Gasteiger partial charge on any atom is -0.494 e. The highest BCUT2D eigenvalue weighted by Gasteiger charge is 2.23. The van der Waals surface area contributed by atoms with Crippen molar-refractivity contribution in [2.24, 2.45) is 0 Å². The first kappa shape index (κ1) is 24.1. The Morgan fingerprint density at radius 3 is 2.46 bits per heavy atom. The van der Waals surface area contributed by atoms with Crippen LogP contribution in [0.3, 0.4) is 0 Å². The number of amides is 1. The minimum absolute atomic E-state index is 0.166. The van der Waals surface area contributed by atoms with E-state index in [-0.39, 0.29) is 29.4 Å². The van der Waals surface area contributed by atoms with Crippen molar-refractivity contribution in [3.8, 4) is 5.75 Å². The molecule has 35 heavy (non-hydrogen) atoms. The van der Waals surface area contributed by atoms with Crippen molar-refractivity contribution in [1.82, 2.24) is 19.6 Å². The molecule has 0 fully saturated rings. The molecule has 0 aliphatic carbocycles. The predicted molar refractivity (Wildman–Crippen MR) is 131 cm³/mol. The number of aromatic nitrogens is 4. The highest BCUT2D eigenvalue weighted by atomic mass is 19.1. The number of benzene rings is 2. The second-order valence-corrected chi connectivity index (χ2v) is 8.24. The number of rotatable bonds is 9. The van der Waals surface area contributed by atoms with Gasteiger partial charge in [0.2, 0.25) is 5.95 Å². The molecule has 2 aromatic carbocycles. The van der Waals surface area contributed by atoms with Crippen LogP contribution in [0, 0.1) is 12.7 Å². The van der Waals surface area contributed by atoms with E-state index in [9.17, 15) is 14.0 Å². The summed E-state index contributed by atoms with van der Waals surface area (Å²) in [5.41, 5.74) is 2.14. The first-order chi connectivity index (χ1) is 16.9. The largest absolute Gasteiger partial charge is 0.494 e. The molecule has 9 heteroatoms. The number of fused-ring (bicyclic) bond motifs is 1. The quantitative estimate of drug-likeness (QED) is 0.384. The molecular formula is C26H28FN5O3. The third-order valence-corrected chi connectivity index (χ3v) is 5.73. The molecular weight excluding hydrogens is 449 g/mol. The lowest BCUT2D eigenvalue weighted by molar-refractivity contribution is 0.0983. The molecule has 2 heterocycles. The number of hydrogen-bond acceptors (Lipinski definition) is 5. The number of ether oxygens (including phenoxy) is 1. The second-order valence-electron chi connectivity index (χ2n) is 8.24. The Balaban J connectivity index is 1.76. The third kappa shape index (κ3) is 5.24. The van der Waals surface area contributed by atoms with Gasteiger partial charge in [-0.25, -0.2) is 9.37 Å². The topological polar surface area (TPSA) is 92.6 Å². The van der Waals surface area contributed by atoms with Crippen LogP contribution in [-0.4, -0.2) is 32.1 Å². The number of nitrogens with one attached hydrogen (secondary N) is 1. The summed E-state index contributed by atoms with van der Waals surface area (Å²) in [6, 6.07) is 12.7. The summed E-state index contributed by atoms with van der Waals surface area (Å²) >= 11 is 0. The van der Waals surface area contributed by atoms with Crippen LogP contribution in [-0.2, 0) is 13.0 Å². The summed E-state index contributed by atoms with van der Waals surface area (Å²) in [5.74, 6) is 0.251. The lowest BCUT2D eigenvalue weighted by atomic mass is 10.1. The molecule has 2 aromatic heterocycles. The second kappa shape index (κ2) is 10.5. The summed E-state index contributed by atoms with van der Waals surface area (Å²) in [7, 11) is 0. The fourth-order valence-electron chi connectivity index (χ4n) is 3.84. The molecule has 182 valence electrons. The number of aryl methyl sites for hydroxylation is 1. The molecule has 0 unspecified atom stereocenters. The highest BCUT2D eigenvalue weighted by molar-refractivity contribution is 6.05. The van der Waals surface area contributed by atoms with Gasteiger partial charge in [-0.1, -0.05) is 25.5 Å². The first-order valence-corrected chi connectivity index (χ1v) is 11.7. The molecule has 1 N–H and O–H groups in total. The van der Waals surface area contributed by atoms with Crippen LogP contribution in [0.15, 0.2) is 53.3 Å². The predicted octanol–water partition coefficient (Wildman–Crippen LogP) is 4.45. The van der Waals surface area contributed by atoms with E-state index < -0.39 is 11.7 Å². The van der Waals surface area contributed by atoms with Gasteiger partial charge < -0.3 is 4.74 Å². The fourth-order valence-corrected chi connectivity index (χ4v) is 3.84. The number of aromatic amines is 1. The molecule has 0 aliphatic rings. The Hall–Kier alpha value is -4.01. The van der Waals surface area contributed by atoms with Gasteiger partial charge in [0, 0.05) is 11.1 Å². The van der Waals surface area contributed by atoms with Gasteiger partial charge in [0.25, 0.3) is 17.2 Å². The number of unbranched alkanes of at least 4 members (excludes halogenated alkanes) is 1. The maximum Gasteiger partial charge on any atom is 0.277 e. The Morgan fingerprint density at radius 1 is 1.09 bits per heavy atom. The van der Waals surface area contributed by atoms with E-state index in [1.807, 2.05) is 31.2 Å². The van der Waals surface area contributed by atoms with Crippen LogP contribution in [0.1, 0.15) is 53.9 Å². The Labute approximate surface area is 202 Å². The van der Waals surface area contributed by atoms with Crippen molar-refractivity contribution in [2.45, 2.75) is 46.6 Å². The standard InChI is InChI=1S/C26H28FN5O3/c1-4-6-7-22-17(3)28-25-29-26(30-32(25)24(22)34)31(23(33)19-10-12-20(27)13-11-19)16-18-8-14-21(15-9-18)35-5-2/h8-15H,4-7,16H2,1-3H3,(H,28,29,30). The van der Waals surface area contributed by atoms with Gasteiger partial charge in [0.1, 0.15) is 11.6 Å². The third-order valence-electron chi connectivity index (χ3n) is 5.73. The van der Waals surface area contributed by atoms with Crippen LogP contribution in [0.2, 0.25) is 0 Å². The monoisotopic (exact) mass is 477 g/mol. The van der Waals surface area contributed by atoms with Crippen LogP contribution < -0.4 is 15.2 Å². The van der Waals surface area contributed by atoms with Crippen LogP contribution in [0.4, 0.5) is 10.3 Å². The molecule has 0 spiro atoms. The molecule has 4 aromatic rings. The first-order valence-electron chi connectivity index (χ1n) is 11.7. The molecule has 1 amide bonds. The van der Waals surface area contributed by atoms with Crippen molar-refractivity contribution in [3.63, 3.8) is 0 Å². The van der Waals surface area contributed by atoms with Crippen molar-refractivity contribution in [3.05, 3.63) is 87.1 Å². The van der Waals surface area contributed by atoms with Crippen molar-refractivity contribution >= 4 is 17.6 Å². The van der Waals surface area contributed by atoms with Crippen molar-refractivity contribution in [2.75, 3.05) is 11.5 Å². The normalized spacial score (nSPS) is 11.1. The summed E-state index contributed by atoms with van der Waals surface area (Å²) in [6.07, 6.45) is 2.45. The number of nitrogens with zero attached hydrogens (tertiary/aromatic N) is 4. The minimum atomic E-state index is -0.436. The van der Waals surface area contributed by atoms with E-state index in [1.165, 1.54) is 33.7 Å².